The van der Waals surface area contributed by atoms with Gasteiger partial charge in [-0.1, -0.05) is 36.0 Å². The highest BCUT2D eigenvalue weighted by atomic mass is 32.2. The Kier molecular flexibility index (Phi) is 7.24. The maximum absolute atomic E-state index is 12.3. The van der Waals surface area contributed by atoms with Crippen LogP contribution >= 0.6 is 11.8 Å². The first-order valence-corrected chi connectivity index (χ1v) is 10.7. The third-order valence-corrected chi connectivity index (χ3v) is 5.58. The van der Waals surface area contributed by atoms with Crippen LogP contribution in [0.1, 0.15) is 23.9 Å². The van der Waals surface area contributed by atoms with E-state index >= 15 is 0 Å². The molecule has 8 heteroatoms. The summed E-state index contributed by atoms with van der Waals surface area (Å²) in [5.41, 5.74) is 3.83. The second-order valence-electron chi connectivity index (χ2n) is 6.87. The van der Waals surface area contributed by atoms with E-state index in [2.05, 4.69) is 20.8 Å². The number of amides is 2. The molecule has 2 aromatic carbocycles. The molecule has 1 aromatic heterocycles. The maximum atomic E-state index is 12.3. The van der Waals surface area contributed by atoms with Crippen LogP contribution in [-0.2, 0) is 22.6 Å². The number of thioether (sulfide) groups is 1. The van der Waals surface area contributed by atoms with E-state index in [0.29, 0.717) is 17.5 Å². The van der Waals surface area contributed by atoms with E-state index in [1.54, 1.807) is 0 Å². The number of aryl methyl sites for hydroxylation is 2. The zero-order valence-electron chi connectivity index (χ0n) is 17.3. The van der Waals surface area contributed by atoms with Crippen LogP contribution in [0.15, 0.2) is 53.7 Å². The number of nitrogens with one attached hydrogen (secondary N) is 2. The average Bonchev–Trinajstić information content (AvgIpc) is 3.11. The molecule has 2 amide bonds. The molecule has 2 N–H and O–H groups in total. The van der Waals surface area contributed by atoms with E-state index in [4.69, 9.17) is 0 Å². The number of para-hydroxylation sites is 1. The maximum Gasteiger partial charge on any atom is 0.234 e. The molecular formula is C22H25N5O2S. The smallest absolute Gasteiger partial charge is 0.234 e. The van der Waals surface area contributed by atoms with Crippen molar-refractivity contribution in [3.8, 4) is 0 Å². The molecule has 30 heavy (non-hydrogen) atoms. The predicted octanol–water partition coefficient (Wildman–Crippen LogP) is 3.83. The number of hydrogen-bond donors (Lipinski definition) is 2. The van der Waals surface area contributed by atoms with Gasteiger partial charge in [-0.3, -0.25) is 9.59 Å². The van der Waals surface area contributed by atoms with Crippen LogP contribution in [-0.4, -0.2) is 32.3 Å². The Labute approximate surface area is 180 Å². The minimum atomic E-state index is -0.160. The first-order valence-electron chi connectivity index (χ1n) is 9.73. The molecule has 0 saturated carbocycles. The minimum absolute atomic E-state index is 0.114. The van der Waals surface area contributed by atoms with Gasteiger partial charge in [-0.2, -0.15) is 0 Å². The van der Waals surface area contributed by atoms with E-state index in [1.165, 1.54) is 17.3 Å². The second kappa shape index (κ2) is 10.1. The summed E-state index contributed by atoms with van der Waals surface area (Å²) < 4.78 is 1.86. The summed E-state index contributed by atoms with van der Waals surface area (Å²) in [5, 5.41) is 14.7. The molecule has 0 saturated heterocycles. The standard InChI is InChI=1S/C22H25N5O2S/c1-4-27-19(13-20(28)23-17-8-6-5-7-9-17)25-26-22(27)30-14-21(29)24-18-11-10-15(2)16(3)12-18/h5-12H,4,13-14H2,1-3H3,(H,23,28)(H,24,29). The molecule has 156 valence electrons. The van der Waals surface area contributed by atoms with Gasteiger partial charge in [0.2, 0.25) is 11.8 Å². The zero-order valence-corrected chi connectivity index (χ0v) is 18.1. The Morgan fingerprint density at radius 3 is 2.37 bits per heavy atom. The number of carbonyl (C=O) groups excluding carboxylic acids is 2. The number of benzene rings is 2. The van der Waals surface area contributed by atoms with Crippen LogP contribution in [0.2, 0.25) is 0 Å². The largest absolute Gasteiger partial charge is 0.326 e. The average molecular weight is 424 g/mol. The molecule has 0 aliphatic carbocycles. The van der Waals surface area contributed by atoms with E-state index < -0.39 is 0 Å². The van der Waals surface area contributed by atoms with Crippen LogP contribution in [0.4, 0.5) is 11.4 Å². The number of aromatic nitrogens is 3. The van der Waals surface area contributed by atoms with Gasteiger partial charge in [-0.15, -0.1) is 10.2 Å². The van der Waals surface area contributed by atoms with Crippen molar-refractivity contribution in [1.29, 1.82) is 0 Å². The molecule has 0 radical (unpaired) electrons. The fourth-order valence-electron chi connectivity index (χ4n) is 2.89. The normalized spacial score (nSPS) is 10.6. The van der Waals surface area contributed by atoms with Crippen molar-refractivity contribution >= 4 is 35.0 Å². The van der Waals surface area contributed by atoms with Gasteiger partial charge in [0.1, 0.15) is 5.82 Å². The zero-order chi connectivity index (χ0) is 21.5. The fourth-order valence-corrected chi connectivity index (χ4v) is 3.71. The summed E-state index contributed by atoms with van der Waals surface area (Å²) in [6.45, 7) is 6.62. The summed E-state index contributed by atoms with van der Waals surface area (Å²) >= 11 is 1.30. The van der Waals surface area contributed by atoms with E-state index in [-0.39, 0.29) is 24.0 Å². The molecule has 0 bridgehead atoms. The number of carbonyl (C=O) groups is 2. The third-order valence-electron chi connectivity index (χ3n) is 4.61. The number of nitrogens with zero attached hydrogens (tertiary/aromatic N) is 3. The quantitative estimate of drug-likeness (QED) is 0.538. The van der Waals surface area contributed by atoms with Crippen molar-refractivity contribution in [2.45, 2.75) is 38.9 Å². The van der Waals surface area contributed by atoms with Crippen LogP contribution in [0, 0.1) is 13.8 Å². The van der Waals surface area contributed by atoms with Gasteiger partial charge in [0, 0.05) is 17.9 Å². The molecule has 3 aromatic rings. The molecule has 1 heterocycles. The third kappa shape index (κ3) is 5.70. The molecular weight excluding hydrogens is 398 g/mol. The fraction of sp³-hybridized carbons (Fsp3) is 0.273. The Bertz CT molecular complexity index is 1030. The van der Waals surface area contributed by atoms with Crippen molar-refractivity contribution in [3.05, 3.63) is 65.5 Å². The van der Waals surface area contributed by atoms with Gasteiger partial charge < -0.3 is 15.2 Å². The first-order chi connectivity index (χ1) is 14.5. The summed E-state index contributed by atoms with van der Waals surface area (Å²) in [6, 6.07) is 15.1. The SMILES string of the molecule is CCn1c(CC(=O)Nc2ccccc2)nnc1SCC(=O)Nc1ccc(C)c(C)c1. The predicted molar refractivity (Wildman–Crippen MR) is 120 cm³/mol. The van der Waals surface area contributed by atoms with E-state index in [9.17, 15) is 9.59 Å². The van der Waals surface area contributed by atoms with Crippen molar-refractivity contribution < 1.29 is 9.59 Å². The minimum Gasteiger partial charge on any atom is -0.326 e. The topological polar surface area (TPSA) is 88.9 Å². The highest BCUT2D eigenvalue weighted by Gasteiger charge is 2.16. The van der Waals surface area contributed by atoms with Crippen LogP contribution in [0.3, 0.4) is 0 Å². The summed E-state index contributed by atoms with van der Waals surface area (Å²) in [7, 11) is 0. The van der Waals surface area contributed by atoms with Crippen molar-refractivity contribution in [1.82, 2.24) is 14.8 Å². The van der Waals surface area contributed by atoms with Gasteiger partial charge in [-0.25, -0.2) is 0 Å². The highest BCUT2D eigenvalue weighted by molar-refractivity contribution is 7.99. The highest BCUT2D eigenvalue weighted by Crippen LogP contribution is 2.19. The monoisotopic (exact) mass is 423 g/mol. The van der Waals surface area contributed by atoms with Gasteiger partial charge >= 0.3 is 0 Å². The van der Waals surface area contributed by atoms with Crippen LogP contribution in [0.25, 0.3) is 0 Å². The van der Waals surface area contributed by atoms with Crippen molar-refractivity contribution in [3.63, 3.8) is 0 Å². The first kappa shape index (κ1) is 21.6. The van der Waals surface area contributed by atoms with Gasteiger partial charge in [-0.05, 0) is 56.2 Å². The summed E-state index contributed by atoms with van der Waals surface area (Å²) in [6.07, 6.45) is 0.116. The van der Waals surface area contributed by atoms with Crippen LogP contribution < -0.4 is 10.6 Å². The molecule has 0 atom stereocenters. The molecule has 7 nitrogen and oxygen atoms in total. The number of anilines is 2. The van der Waals surface area contributed by atoms with Gasteiger partial charge in [0.15, 0.2) is 5.16 Å². The lowest BCUT2D eigenvalue weighted by molar-refractivity contribution is -0.116. The van der Waals surface area contributed by atoms with Gasteiger partial charge in [0.05, 0.1) is 12.2 Å². The molecule has 0 fully saturated rings. The van der Waals surface area contributed by atoms with Gasteiger partial charge in [0.25, 0.3) is 0 Å². The molecule has 0 unspecified atom stereocenters. The van der Waals surface area contributed by atoms with E-state index in [1.807, 2.05) is 73.9 Å². The Morgan fingerprint density at radius 1 is 0.933 bits per heavy atom. The van der Waals surface area contributed by atoms with Crippen molar-refractivity contribution in [2.75, 3.05) is 16.4 Å². The lowest BCUT2D eigenvalue weighted by Gasteiger charge is -2.09. The van der Waals surface area contributed by atoms with Crippen LogP contribution in [0.5, 0.6) is 0 Å². The Balaban J connectivity index is 1.57. The Hall–Kier alpha value is -3.13. The molecule has 0 aliphatic rings. The molecule has 0 aliphatic heterocycles. The Morgan fingerprint density at radius 2 is 1.67 bits per heavy atom. The summed E-state index contributed by atoms with van der Waals surface area (Å²) in [4.78, 5) is 24.6. The second-order valence-corrected chi connectivity index (χ2v) is 7.81. The number of hydrogen-bond acceptors (Lipinski definition) is 5. The lowest BCUT2D eigenvalue weighted by atomic mass is 10.1. The number of rotatable bonds is 8. The van der Waals surface area contributed by atoms with E-state index in [0.717, 1.165) is 16.9 Å². The summed E-state index contributed by atoms with van der Waals surface area (Å²) in [5.74, 6) is 0.508. The molecule has 0 spiro atoms. The van der Waals surface area contributed by atoms with Crippen molar-refractivity contribution in [2.24, 2.45) is 0 Å². The molecule has 3 rings (SSSR count). The lowest BCUT2D eigenvalue weighted by Crippen LogP contribution is -2.18.